The highest BCUT2D eigenvalue weighted by Gasteiger charge is 2.35. The molecule has 0 heterocycles. The van der Waals surface area contributed by atoms with Crippen LogP contribution in [0.1, 0.15) is 120 Å². The molecule has 0 radical (unpaired) electrons. The zero-order valence-corrected chi connectivity index (χ0v) is 17.2. The molecule has 22 heavy (non-hydrogen) atoms. The molecular formula is C22H46. The second-order valence-corrected chi connectivity index (χ2v) is 9.22. The van der Waals surface area contributed by atoms with Crippen LogP contribution >= 0.6 is 0 Å². The van der Waals surface area contributed by atoms with Crippen molar-refractivity contribution in [1.29, 1.82) is 0 Å². The summed E-state index contributed by atoms with van der Waals surface area (Å²) >= 11 is 0. The summed E-state index contributed by atoms with van der Waals surface area (Å²) in [6, 6.07) is 0. The Labute approximate surface area is 142 Å². The first-order valence-corrected chi connectivity index (χ1v) is 10.2. The van der Waals surface area contributed by atoms with Crippen LogP contribution in [0.5, 0.6) is 0 Å². The van der Waals surface area contributed by atoms with E-state index in [1.54, 1.807) is 0 Å². The molecule has 0 nitrogen and oxygen atoms in total. The van der Waals surface area contributed by atoms with Gasteiger partial charge in [0.25, 0.3) is 0 Å². The monoisotopic (exact) mass is 310 g/mol. The lowest BCUT2D eigenvalue weighted by molar-refractivity contribution is 0.0873. The Morgan fingerprint density at radius 3 is 1.68 bits per heavy atom. The van der Waals surface area contributed by atoms with Crippen molar-refractivity contribution in [1.82, 2.24) is 0 Å². The smallest absolute Gasteiger partial charge is 0.0321 e. The second-order valence-electron chi connectivity index (χ2n) is 9.22. The largest absolute Gasteiger partial charge is 0.0654 e. The second kappa shape index (κ2) is 10.7. The summed E-state index contributed by atoms with van der Waals surface area (Å²) in [5.74, 6) is 1.83. The van der Waals surface area contributed by atoms with Gasteiger partial charge in [0.15, 0.2) is 0 Å². The van der Waals surface area contributed by atoms with Crippen LogP contribution in [0.3, 0.4) is 0 Å². The summed E-state index contributed by atoms with van der Waals surface area (Å²) in [6.07, 6.45) is 13.8. The molecular weight excluding hydrogens is 264 g/mol. The van der Waals surface area contributed by atoms with Crippen molar-refractivity contribution in [2.24, 2.45) is 22.7 Å². The first-order chi connectivity index (χ1) is 10.2. The van der Waals surface area contributed by atoms with Crippen molar-refractivity contribution in [2.45, 2.75) is 120 Å². The van der Waals surface area contributed by atoms with E-state index in [1.165, 1.54) is 64.2 Å². The minimum absolute atomic E-state index is 0.484. The lowest BCUT2D eigenvalue weighted by atomic mass is 9.63. The number of hydrogen-bond donors (Lipinski definition) is 0. The van der Waals surface area contributed by atoms with Crippen LogP contribution in [0.15, 0.2) is 0 Å². The van der Waals surface area contributed by atoms with E-state index < -0.39 is 0 Å². The SMILES string of the molecule is CCCCC(CC)CC(C)(C)CC(C)(C)C(CCC)CCC. The van der Waals surface area contributed by atoms with Gasteiger partial charge in [-0.3, -0.25) is 0 Å². The van der Waals surface area contributed by atoms with Gasteiger partial charge in [-0.25, -0.2) is 0 Å². The third-order valence-corrected chi connectivity index (χ3v) is 5.70. The molecule has 0 spiro atoms. The van der Waals surface area contributed by atoms with Crippen LogP contribution < -0.4 is 0 Å². The fourth-order valence-electron chi connectivity index (χ4n) is 4.80. The van der Waals surface area contributed by atoms with Crippen LogP contribution in [0.2, 0.25) is 0 Å². The molecule has 0 aromatic heterocycles. The van der Waals surface area contributed by atoms with E-state index in [9.17, 15) is 0 Å². The van der Waals surface area contributed by atoms with Gasteiger partial charge in [0.2, 0.25) is 0 Å². The fraction of sp³-hybridized carbons (Fsp3) is 1.00. The zero-order chi connectivity index (χ0) is 17.2. The molecule has 0 aliphatic heterocycles. The average Bonchev–Trinajstić information content (AvgIpc) is 2.41. The van der Waals surface area contributed by atoms with Gasteiger partial charge in [-0.05, 0) is 35.5 Å². The topological polar surface area (TPSA) is 0 Å². The predicted molar refractivity (Wildman–Crippen MR) is 103 cm³/mol. The molecule has 0 saturated heterocycles. The number of hydrogen-bond acceptors (Lipinski definition) is 0. The maximum atomic E-state index is 2.54. The molecule has 0 bridgehead atoms. The highest BCUT2D eigenvalue weighted by molar-refractivity contribution is 4.85. The molecule has 134 valence electrons. The van der Waals surface area contributed by atoms with Gasteiger partial charge in [-0.1, -0.05) is 107 Å². The van der Waals surface area contributed by atoms with E-state index in [0.717, 1.165) is 11.8 Å². The van der Waals surface area contributed by atoms with Crippen molar-refractivity contribution >= 4 is 0 Å². The van der Waals surface area contributed by atoms with E-state index in [0.29, 0.717) is 10.8 Å². The van der Waals surface area contributed by atoms with E-state index in [-0.39, 0.29) is 0 Å². The Morgan fingerprint density at radius 1 is 0.727 bits per heavy atom. The number of unbranched alkanes of at least 4 members (excludes halogenated alkanes) is 1. The van der Waals surface area contributed by atoms with Gasteiger partial charge in [0.05, 0.1) is 0 Å². The minimum atomic E-state index is 0.484. The van der Waals surface area contributed by atoms with Crippen molar-refractivity contribution in [3.63, 3.8) is 0 Å². The Bertz CT molecular complexity index is 255. The maximum Gasteiger partial charge on any atom is -0.0321 e. The normalized spacial score (nSPS) is 14.6. The van der Waals surface area contributed by atoms with Crippen LogP contribution in [-0.2, 0) is 0 Å². The first-order valence-electron chi connectivity index (χ1n) is 10.2. The molecule has 0 saturated carbocycles. The third-order valence-electron chi connectivity index (χ3n) is 5.70. The Hall–Kier alpha value is 0. The van der Waals surface area contributed by atoms with Crippen molar-refractivity contribution in [2.75, 3.05) is 0 Å². The van der Waals surface area contributed by atoms with Crippen molar-refractivity contribution in [3.8, 4) is 0 Å². The highest BCUT2D eigenvalue weighted by atomic mass is 14.4. The molecule has 1 atom stereocenters. The van der Waals surface area contributed by atoms with E-state index >= 15 is 0 Å². The molecule has 1 unspecified atom stereocenters. The van der Waals surface area contributed by atoms with Crippen LogP contribution in [-0.4, -0.2) is 0 Å². The van der Waals surface area contributed by atoms with E-state index in [4.69, 9.17) is 0 Å². The minimum Gasteiger partial charge on any atom is -0.0654 e. The van der Waals surface area contributed by atoms with Gasteiger partial charge >= 0.3 is 0 Å². The maximum absolute atomic E-state index is 2.54. The Balaban J connectivity index is 4.75. The van der Waals surface area contributed by atoms with Gasteiger partial charge in [-0.2, -0.15) is 0 Å². The van der Waals surface area contributed by atoms with Crippen LogP contribution in [0, 0.1) is 22.7 Å². The Morgan fingerprint density at radius 2 is 1.27 bits per heavy atom. The van der Waals surface area contributed by atoms with Gasteiger partial charge in [0.1, 0.15) is 0 Å². The standard InChI is InChI=1S/C22H46/c1-9-13-16-19(12-4)17-21(5,6)18-22(7,8)20(14-10-2)15-11-3/h19-20H,9-18H2,1-8H3. The lowest BCUT2D eigenvalue weighted by Gasteiger charge is -2.42. The molecule has 0 heteroatoms. The summed E-state index contributed by atoms with van der Waals surface area (Å²) in [6.45, 7) is 19.5. The van der Waals surface area contributed by atoms with E-state index in [1.807, 2.05) is 0 Å². The molecule has 0 fully saturated rings. The number of rotatable bonds is 13. The molecule has 0 aliphatic rings. The zero-order valence-electron chi connectivity index (χ0n) is 17.2. The predicted octanol–water partition coefficient (Wildman–Crippen LogP) is 8.25. The summed E-state index contributed by atoms with van der Waals surface area (Å²) in [5.41, 5.74) is 0.968. The molecule has 0 N–H and O–H groups in total. The van der Waals surface area contributed by atoms with Gasteiger partial charge < -0.3 is 0 Å². The molecule has 0 amide bonds. The van der Waals surface area contributed by atoms with Crippen molar-refractivity contribution in [3.05, 3.63) is 0 Å². The summed E-state index contributed by atoms with van der Waals surface area (Å²) in [4.78, 5) is 0. The lowest BCUT2D eigenvalue weighted by Crippen LogP contribution is -2.31. The van der Waals surface area contributed by atoms with Gasteiger partial charge in [0, 0.05) is 0 Å². The quantitative estimate of drug-likeness (QED) is 0.321. The average molecular weight is 311 g/mol. The van der Waals surface area contributed by atoms with Crippen LogP contribution in [0.25, 0.3) is 0 Å². The van der Waals surface area contributed by atoms with Crippen LogP contribution in [0.4, 0.5) is 0 Å². The summed E-state index contributed by atoms with van der Waals surface area (Å²) in [5, 5.41) is 0. The summed E-state index contributed by atoms with van der Waals surface area (Å²) in [7, 11) is 0. The van der Waals surface area contributed by atoms with E-state index in [2.05, 4.69) is 55.4 Å². The molecule has 0 aromatic rings. The molecule has 0 rings (SSSR count). The molecule has 0 aliphatic carbocycles. The molecule has 0 aromatic carbocycles. The first kappa shape index (κ1) is 22.0. The van der Waals surface area contributed by atoms with Crippen molar-refractivity contribution < 1.29 is 0 Å². The third kappa shape index (κ3) is 8.59. The highest BCUT2D eigenvalue weighted by Crippen LogP contribution is 2.46. The van der Waals surface area contributed by atoms with Gasteiger partial charge in [-0.15, -0.1) is 0 Å². The Kier molecular flexibility index (Phi) is 10.7. The summed E-state index contributed by atoms with van der Waals surface area (Å²) < 4.78 is 0. The fourth-order valence-corrected chi connectivity index (χ4v) is 4.80.